The predicted octanol–water partition coefficient (Wildman–Crippen LogP) is 4.17. The number of allylic oxidation sites excluding steroid dienone is 1. The van der Waals surface area contributed by atoms with Crippen molar-refractivity contribution in [2.24, 2.45) is 0 Å². The van der Waals surface area contributed by atoms with Gasteiger partial charge in [-0.2, -0.15) is 0 Å². The molecule has 0 spiro atoms. The van der Waals surface area contributed by atoms with Crippen molar-refractivity contribution in [2.75, 3.05) is 0 Å². The molecule has 2 aliphatic rings. The molecule has 2 aromatic rings. The van der Waals surface area contributed by atoms with Gasteiger partial charge in [0.1, 0.15) is 0 Å². The summed E-state index contributed by atoms with van der Waals surface area (Å²) in [6.45, 7) is 6.68. The third kappa shape index (κ3) is 2.30. The Balaban J connectivity index is 1.74. The third-order valence-corrected chi connectivity index (χ3v) is 5.14. The molecular formula is C22H18O4. The van der Waals surface area contributed by atoms with Crippen molar-refractivity contribution in [3.63, 3.8) is 0 Å². The highest BCUT2D eigenvalue weighted by Gasteiger charge is 2.47. The Kier molecular flexibility index (Phi) is 3.76. The molecule has 2 bridgehead atoms. The summed E-state index contributed by atoms with van der Waals surface area (Å²) in [6, 6.07) is 16.5. The summed E-state index contributed by atoms with van der Waals surface area (Å²) in [5, 5.41) is 0. The molecule has 0 radical (unpaired) electrons. The van der Waals surface area contributed by atoms with Crippen LogP contribution < -0.4 is 0 Å². The Labute approximate surface area is 151 Å². The maximum absolute atomic E-state index is 12.5. The molecule has 2 aliphatic carbocycles. The zero-order valence-corrected chi connectivity index (χ0v) is 14.6. The van der Waals surface area contributed by atoms with Crippen molar-refractivity contribution in [1.82, 2.24) is 0 Å². The lowest BCUT2D eigenvalue weighted by molar-refractivity contribution is -0.252. The van der Waals surface area contributed by atoms with Crippen LogP contribution in [-0.4, -0.2) is 11.9 Å². The van der Waals surface area contributed by atoms with E-state index in [2.05, 4.69) is 35.7 Å². The molecule has 26 heavy (non-hydrogen) atoms. The second kappa shape index (κ2) is 5.99. The Morgan fingerprint density at radius 2 is 1.15 bits per heavy atom. The molecule has 0 saturated carbocycles. The summed E-state index contributed by atoms with van der Waals surface area (Å²) in [5.74, 6) is -1.32. The van der Waals surface area contributed by atoms with E-state index in [1.807, 2.05) is 24.3 Å². The Morgan fingerprint density at radius 1 is 0.769 bits per heavy atom. The van der Waals surface area contributed by atoms with E-state index in [0.29, 0.717) is 5.57 Å². The second-order valence-corrected chi connectivity index (χ2v) is 6.73. The van der Waals surface area contributed by atoms with Crippen molar-refractivity contribution in [1.29, 1.82) is 0 Å². The van der Waals surface area contributed by atoms with E-state index in [9.17, 15) is 9.59 Å². The fraction of sp³-hybridized carbons (Fsp3) is 0.182. The van der Waals surface area contributed by atoms with Gasteiger partial charge in [0.2, 0.25) is 0 Å². The highest BCUT2D eigenvalue weighted by Crippen LogP contribution is 2.60. The van der Waals surface area contributed by atoms with Gasteiger partial charge in [-0.1, -0.05) is 55.1 Å². The largest absolute Gasteiger partial charge is 0.382 e. The molecule has 0 fully saturated rings. The molecule has 0 atom stereocenters. The molecule has 0 heterocycles. The van der Waals surface area contributed by atoms with Crippen molar-refractivity contribution < 1.29 is 19.4 Å². The van der Waals surface area contributed by atoms with E-state index < -0.39 is 11.9 Å². The lowest BCUT2D eigenvalue weighted by Crippen LogP contribution is -2.14. The molecule has 0 aliphatic heterocycles. The number of hydrogen-bond acceptors (Lipinski definition) is 4. The maximum Gasteiger partial charge on any atom is 0.382 e. The minimum atomic E-state index is -0.753. The van der Waals surface area contributed by atoms with Crippen molar-refractivity contribution >= 4 is 11.9 Å². The van der Waals surface area contributed by atoms with Crippen molar-refractivity contribution in [3.05, 3.63) is 94.1 Å². The van der Waals surface area contributed by atoms with Gasteiger partial charge in [0.05, 0.1) is 0 Å². The Bertz CT molecular complexity index is 884. The van der Waals surface area contributed by atoms with E-state index >= 15 is 0 Å². The number of hydrogen-bond donors (Lipinski definition) is 0. The van der Waals surface area contributed by atoms with E-state index in [1.165, 1.54) is 29.2 Å². The molecule has 4 nitrogen and oxygen atoms in total. The summed E-state index contributed by atoms with van der Waals surface area (Å²) < 4.78 is 0. The zero-order chi connectivity index (χ0) is 18.4. The first kappa shape index (κ1) is 16.3. The first-order valence-electron chi connectivity index (χ1n) is 8.47. The fourth-order valence-electron chi connectivity index (χ4n) is 4.01. The minimum Gasteiger partial charge on any atom is -0.242 e. The summed E-state index contributed by atoms with van der Waals surface area (Å²) in [7, 11) is 0. The topological polar surface area (TPSA) is 52.6 Å². The van der Waals surface area contributed by atoms with Gasteiger partial charge in [0.15, 0.2) is 0 Å². The number of carbonyl (C=O) groups is 2. The SMILES string of the molecule is C=C(C)C(=O)OOC(=O)C(C)=C1C2c3ccccc3C1c1ccccc12. The molecule has 0 saturated heterocycles. The monoisotopic (exact) mass is 346 g/mol. The molecular weight excluding hydrogens is 328 g/mol. The van der Waals surface area contributed by atoms with Crippen LogP contribution in [-0.2, 0) is 19.4 Å². The standard InChI is InChI=1S/C22H18O4/c1-12(2)21(23)25-26-22(24)13(3)18-19-14-8-4-5-9-15(14)20(18)17-11-7-6-10-16(17)19/h4-11,19-20H,1H2,2-3H3. The quantitative estimate of drug-likeness (QED) is 0.465. The molecule has 4 rings (SSSR count). The molecule has 2 aromatic carbocycles. The average Bonchev–Trinajstić information content (AvgIpc) is 3.17. The van der Waals surface area contributed by atoms with Crippen molar-refractivity contribution in [2.45, 2.75) is 25.7 Å². The van der Waals surface area contributed by atoms with Gasteiger partial charge in [-0.25, -0.2) is 19.4 Å². The first-order chi connectivity index (χ1) is 12.5. The van der Waals surface area contributed by atoms with Crippen LogP contribution in [0.4, 0.5) is 0 Å². The normalized spacial score (nSPS) is 18.8. The van der Waals surface area contributed by atoms with Crippen LogP contribution in [0.25, 0.3) is 0 Å². The lowest BCUT2D eigenvalue weighted by Gasteiger charge is -2.17. The third-order valence-electron chi connectivity index (χ3n) is 5.14. The Hall–Kier alpha value is -3.14. The van der Waals surface area contributed by atoms with Crippen LogP contribution in [0.5, 0.6) is 0 Å². The van der Waals surface area contributed by atoms with E-state index in [0.717, 1.165) is 5.57 Å². The summed E-state index contributed by atoms with van der Waals surface area (Å²) in [5.41, 5.74) is 6.53. The smallest absolute Gasteiger partial charge is 0.242 e. The molecule has 4 heteroatoms. The van der Waals surface area contributed by atoms with Gasteiger partial charge in [0, 0.05) is 23.0 Å². The van der Waals surface area contributed by atoms with Gasteiger partial charge in [0.25, 0.3) is 0 Å². The first-order valence-corrected chi connectivity index (χ1v) is 8.47. The van der Waals surface area contributed by atoms with Crippen LogP contribution in [0.1, 0.15) is 47.9 Å². The molecule has 0 unspecified atom stereocenters. The van der Waals surface area contributed by atoms with Crippen LogP contribution in [0, 0.1) is 0 Å². The summed E-state index contributed by atoms with van der Waals surface area (Å²) in [4.78, 5) is 33.3. The summed E-state index contributed by atoms with van der Waals surface area (Å²) in [6.07, 6.45) is 0. The number of rotatable bonds is 2. The van der Waals surface area contributed by atoms with Crippen LogP contribution in [0.2, 0.25) is 0 Å². The molecule has 0 N–H and O–H groups in total. The molecule has 0 amide bonds. The highest BCUT2D eigenvalue weighted by atomic mass is 17.2. The van der Waals surface area contributed by atoms with Crippen molar-refractivity contribution in [3.8, 4) is 0 Å². The lowest BCUT2D eigenvalue weighted by atomic mass is 9.86. The van der Waals surface area contributed by atoms with Gasteiger partial charge in [-0.05, 0) is 41.7 Å². The minimum absolute atomic E-state index is 0.0387. The number of carbonyl (C=O) groups excluding carboxylic acids is 2. The molecule has 0 aromatic heterocycles. The maximum atomic E-state index is 12.5. The predicted molar refractivity (Wildman–Crippen MR) is 96.3 cm³/mol. The fourth-order valence-corrected chi connectivity index (χ4v) is 4.01. The van der Waals surface area contributed by atoms with Gasteiger partial charge in [-0.3, -0.25) is 0 Å². The van der Waals surface area contributed by atoms with E-state index in [4.69, 9.17) is 4.89 Å². The summed E-state index contributed by atoms with van der Waals surface area (Å²) >= 11 is 0. The highest BCUT2D eigenvalue weighted by molar-refractivity contribution is 5.92. The zero-order valence-electron chi connectivity index (χ0n) is 14.6. The number of benzene rings is 2. The van der Waals surface area contributed by atoms with Crippen LogP contribution >= 0.6 is 0 Å². The van der Waals surface area contributed by atoms with Gasteiger partial charge in [-0.15, -0.1) is 0 Å². The van der Waals surface area contributed by atoms with Gasteiger partial charge < -0.3 is 0 Å². The average molecular weight is 346 g/mol. The van der Waals surface area contributed by atoms with E-state index in [-0.39, 0.29) is 17.4 Å². The molecule has 130 valence electrons. The number of fused-ring (bicyclic) bond motifs is 8. The Morgan fingerprint density at radius 3 is 1.54 bits per heavy atom. The van der Waals surface area contributed by atoms with E-state index in [1.54, 1.807) is 6.92 Å². The van der Waals surface area contributed by atoms with Crippen LogP contribution in [0.15, 0.2) is 71.8 Å². The second-order valence-electron chi connectivity index (χ2n) is 6.73. The van der Waals surface area contributed by atoms with Gasteiger partial charge >= 0.3 is 11.9 Å². The van der Waals surface area contributed by atoms with Crippen LogP contribution in [0.3, 0.4) is 0 Å².